The van der Waals surface area contributed by atoms with Gasteiger partial charge in [0.1, 0.15) is 6.23 Å². The normalized spacial score (nSPS) is 14.0. The number of hydrogen-bond donors (Lipinski definition) is 2. The Morgan fingerprint density at radius 2 is 1.52 bits per heavy atom. The topological polar surface area (TPSA) is 41.5 Å². The van der Waals surface area contributed by atoms with Gasteiger partial charge in [-0.25, -0.2) is 0 Å². The number of aliphatic hydroxyl groups is 1. The SMILES string of the molecule is COC(NCc1cc2c3ccccc3ccc2c2ccccc12)C(C)CO. The first-order valence-electron chi connectivity index (χ1n) is 9.42. The predicted octanol–water partition coefficient (Wildman–Crippen LogP) is 4.84. The van der Waals surface area contributed by atoms with Gasteiger partial charge < -0.3 is 9.84 Å². The Morgan fingerprint density at radius 1 is 0.852 bits per heavy atom. The Morgan fingerprint density at radius 3 is 2.26 bits per heavy atom. The van der Waals surface area contributed by atoms with Crippen LogP contribution in [0.4, 0.5) is 0 Å². The first-order chi connectivity index (χ1) is 13.2. The van der Waals surface area contributed by atoms with Crippen LogP contribution in [-0.2, 0) is 11.3 Å². The third-order valence-corrected chi connectivity index (χ3v) is 5.40. The van der Waals surface area contributed by atoms with E-state index in [4.69, 9.17) is 4.74 Å². The van der Waals surface area contributed by atoms with Gasteiger partial charge in [0.05, 0.1) is 0 Å². The van der Waals surface area contributed by atoms with E-state index in [1.165, 1.54) is 37.9 Å². The Bertz CT molecular complexity index is 1090. The Kier molecular flexibility index (Phi) is 5.08. The zero-order valence-electron chi connectivity index (χ0n) is 15.8. The minimum atomic E-state index is -0.183. The molecule has 2 atom stereocenters. The number of fused-ring (bicyclic) bond motifs is 5. The molecule has 3 heteroatoms. The van der Waals surface area contributed by atoms with E-state index in [9.17, 15) is 5.11 Å². The first kappa shape index (κ1) is 17.9. The number of aliphatic hydroxyl groups excluding tert-OH is 1. The molecule has 4 aromatic rings. The zero-order valence-corrected chi connectivity index (χ0v) is 15.8. The standard InChI is InChI=1S/C24H25NO2/c1-16(15-26)24(27-2)25-14-18-13-23-19-8-4-3-7-17(19)11-12-22(23)21-10-6-5-9-20(18)21/h3-13,16,24-26H,14-15H2,1-2H3. The van der Waals surface area contributed by atoms with Crippen LogP contribution in [0.2, 0.25) is 0 Å². The van der Waals surface area contributed by atoms with Crippen LogP contribution in [0.3, 0.4) is 0 Å². The molecule has 0 bridgehead atoms. The van der Waals surface area contributed by atoms with Crippen molar-refractivity contribution in [1.82, 2.24) is 5.32 Å². The highest BCUT2D eigenvalue weighted by molar-refractivity contribution is 6.18. The maximum Gasteiger partial charge on any atom is 0.112 e. The molecule has 138 valence electrons. The van der Waals surface area contributed by atoms with Crippen LogP contribution in [0.15, 0.2) is 66.7 Å². The molecule has 0 saturated carbocycles. The van der Waals surface area contributed by atoms with Gasteiger partial charge in [-0.1, -0.05) is 67.6 Å². The van der Waals surface area contributed by atoms with Crippen molar-refractivity contribution in [3.63, 3.8) is 0 Å². The molecule has 2 unspecified atom stereocenters. The van der Waals surface area contributed by atoms with Gasteiger partial charge in [0, 0.05) is 26.2 Å². The van der Waals surface area contributed by atoms with Crippen LogP contribution in [0, 0.1) is 5.92 Å². The van der Waals surface area contributed by atoms with E-state index in [2.05, 4.69) is 72.0 Å². The molecule has 0 spiro atoms. The van der Waals surface area contributed by atoms with Gasteiger partial charge in [0.2, 0.25) is 0 Å². The molecule has 0 amide bonds. The third kappa shape index (κ3) is 3.30. The average molecular weight is 359 g/mol. The van der Waals surface area contributed by atoms with Crippen LogP contribution in [-0.4, -0.2) is 25.1 Å². The number of hydrogen-bond acceptors (Lipinski definition) is 3. The molecular weight excluding hydrogens is 334 g/mol. The predicted molar refractivity (Wildman–Crippen MR) is 113 cm³/mol. The monoisotopic (exact) mass is 359 g/mol. The fourth-order valence-electron chi connectivity index (χ4n) is 3.91. The van der Waals surface area contributed by atoms with Gasteiger partial charge in [-0.2, -0.15) is 0 Å². The minimum Gasteiger partial charge on any atom is -0.396 e. The summed E-state index contributed by atoms with van der Waals surface area (Å²) in [6.07, 6.45) is -0.183. The number of methoxy groups -OCH3 is 1. The molecule has 27 heavy (non-hydrogen) atoms. The molecule has 0 aliphatic heterocycles. The van der Waals surface area contributed by atoms with Crippen molar-refractivity contribution in [3.8, 4) is 0 Å². The minimum absolute atomic E-state index is 0.0301. The molecule has 3 nitrogen and oxygen atoms in total. The lowest BCUT2D eigenvalue weighted by Gasteiger charge is -2.23. The summed E-state index contributed by atoms with van der Waals surface area (Å²) in [5.41, 5.74) is 1.24. The molecule has 4 aromatic carbocycles. The van der Waals surface area contributed by atoms with Gasteiger partial charge in [-0.05, 0) is 43.9 Å². The summed E-state index contributed by atoms with van der Waals surface area (Å²) in [5.74, 6) is 0.0301. The van der Waals surface area contributed by atoms with Crippen molar-refractivity contribution in [2.24, 2.45) is 5.92 Å². The Hall–Kier alpha value is -2.46. The second-order valence-electron chi connectivity index (χ2n) is 7.16. The summed E-state index contributed by atoms with van der Waals surface area (Å²) in [5, 5.41) is 20.5. The molecule has 0 heterocycles. The summed E-state index contributed by atoms with van der Waals surface area (Å²) < 4.78 is 5.52. The van der Waals surface area contributed by atoms with Crippen LogP contribution >= 0.6 is 0 Å². The molecule has 0 saturated heterocycles. The van der Waals surface area contributed by atoms with Crippen molar-refractivity contribution in [2.75, 3.05) is 13.7 Å². The van der Waals surface area contributed by atoms with E-state index in [0.29, 0.717) is 6.54 Å². The second kappa shape index (κ2) is 7.65. The summed E-state index contributed by atoms with van der Waals surface area (Å²) in [4.78, 5) is 0. The van der Waals surface area contributed by atoms with Gasteiger partial charge in [0.15, 0.2) is 0 Å². The number of nitrogens with one attached hydrogen (secondary N) is 1. The molecule has 0 aliphatic rings. The summed E-state index contributed by atoms with van der Waals surface area (Å²) in [6.45, 7) is 2.75. The molecule has 0 radical (unpaired) electrons. The van der Waals surface area contributed by atoms with Crippen molar-refractivity contribution >= 4 is 32.3 Å². The van der Waals surface area contributed by atoms with E-state index in [0.717, 1.165) is 0 Å². The quantitative estimate of drug-likeness (QED) is 0.382. The molecular formula is C24H25NO2. The van der Waals surface area contributed by atoms with Gasteiger partial charge in [-0.3, -0.25) is 5.32 Å². The second-order valence-corrected chi connectivity index (χ2v) is 7.16. The number of benzene rings is 4. The van der Waals surface area contributed by atoms with E-state index < -0.39 is 0 Å². The molecule has 0 aliphatic carbocycles. The van der Waals surface area contributed by atoms with Crippen molar-refractivity contribution in [1.29, 1.82) is 0 Å². The Balaban J connectivity index is 1.86. The fourth-order valence-corrected chi connectivity index (χ4v) is 3.91. The summed E-state index contributed by atoms with van der Waals surface area (Å²) >= 11 is 0. The maximum atomic E-state index is 9.44. The van der Waals surface area contributed by atoms with Crippen LogP contribution in [0.25, 0.3) is 32.3 Å². The van der Waals surface area contributed by atoms with Crippen LogP contribution < -0.4 is 5.32 Å². The smallest absolute Gasteiger partial charge is 0.112 e. The van der Waals surface area contributed by atoms with E-state index in [1.807, 2.05) is 6.92 Å². The first-order valence-corrected chi connectivity index (χ1v) is 9.42. The van der Waals surface area contributed by atoms with Gasteiger partial charge in [0.25, 0.3) is 0 Å². The fraction of sp³-hybridized carbons (Fsp3) is 0.250. The highest BCUT2D eigenvalue weighted by Gasteiger charge is 2.16. The lowest BCUT2D eigenvalue weighted by molar-refractivity contribution is 0.00903. The molecule has 0 fully saturated rings. The van der Waals surface area contributed by atoms with E-state index in [1.54, 1.807) is 7.11 Å². The zero-order chi connectivity index (χ0) is 18.8. The summed E-state index contributed by atoms with van der Waals surface area (Å²) in [6, 6.07) is 23.8. The average Bonchev–Trinajstić information content (AvgIpc) is 2.73. The largest absolute Gasteiger partial charge is 0.396 e. The van der Waals surface area contributed by atoms with Crippen molar-refractivity contribution < 1.29 is 9.84 Å². The van der Waals surface area contributed by atoms with Gasteiger partial charge in [-0.15, -0.1) is 0 Å². The Labute approximate surface area is 159 Å². The summed E-state index contributed by atoms with van der Waals surface area (Å²) in [7, 11) is 1.68. The van der Waals surface area contributed by atoms with E-state index >= 15 is 0 Å². The lowest BCUT2D eigenvalue weighted by Crippen LogP contribution is -2.37. The maximum absolute atomic E-state index is 9.44. The van der Waals surface area contributed by atoms with Crippen molar-refractivity contribution in [3.05, 3.63) is 72.3 Å². The third-order valence-electron chi connectivity index (χ3n) is 5.40. The number of ether oxygens (including phenoxy) is 1. The molecule has 4 rings (SSSR count). The highest BCUT2D eigenvalue weighted by Crippen LogP contribution is 2.33. The lowest BCUT2D eigenvalue weighted by atomic mass is 9.93. The molecule has 0 aromatic heterocycles. The molecule has 2 N–H and O–H groups in total. The van der Waals surface area contributed by atoms with E-state index in [-0.39, 0.29) is 18.8 Å². The number of rotatable bonds is 6. The highest BCUT2D eigenvalue weighted by atomic mass is 16.5. The van der Waals surface area contributed by atoms with Gasteiger partial charge >= 0.3 is 0 Å². The van der Waals surface area contributed by atoms with Crippen molar-refractivity contribution in [2.45, 2.75) is 19.7 Å². The van der Waals surface area contributed by atoms with Crippen LogP contribution in [0.5, 0.6) is 0 Å². The van der Waals surface area contributed by atoms with Crippen LogP contribution in [0.1, 0.15) is 12.5 Å².